The normalized spacial score (nSPS) is 27.3. The summed E-state index contributed by atoms with van der Waals surface area (Å²) in [5, 5.41) is 10.7. The van der Waals surface area contributed by atoms with Crippen molar-refractivity contribution in [2.45, 2.75) is 50.3 Å². The van der Waals surface area contributed by atoms with E-state index in [0.717, 1.165) is 0 Å². The van der Waals surface area contributed by atoms with E-state index in [9.17, 15) is 14.7 Å². The van der Waals surface area contributed by atoms with Crippen molar-refractivity contribution in [3.05, 3.63) is 71.8 Å². The molecule has 0 aliphatic carbocycles. The third-order valence-electron chi connectivity index (χ3n) is 5.05. The summed E-state index contributed by atoms with van der Waals surface area (Å²) < 4.78 is 28.2. The van der Waals surface area contributed by atoms with Crippen molar-refractivity contribution in [3.8, 4) is 0 Å². The molecule has 0 bridgehead atoms. The van der Waals surface area contributed by atoms with Crippen molar-refractivity contribution in [1.29, 1.82) is 0 Å². The van der Waals surface area contributed by atoms with Gasteiger partial charge >= 0.3 is 11.9 Å². The largest absolute Gasteiger partial charge is 0.459 e. The number of hydrogen-bond acceptors (Lipinski definition) is 8. The summed E-state index contributed by atoms with van der Waals surface area (Å²) in [6.07, 6.45) is -4.77. The van der Waals surface area contributed by atoms with Gasteiger partial charge in [-0.15, -0.1) is 0 Å². The van der Waals surface area contributed by atoms with Gasteiger partial charge in [-0.2, -0.15) is 0 Å². The monoisotopic (exact) mass is 428 g/mol. The molecule has 2 aromatic carbocycles. The molecule has 2 aromatic rings. The first-order valence-corrected chi connectivity index (χ1v) is 10.0. The molecule has 2 fully saturated rings. The molecule has 2 heterocycles. The molecule has 8 nitrogen and oxygen atoms in total. The fourth-order valence-electron chi connectivity index (χ4n) is 3.63. The maximum absolute atomic E-state index is 12.6. The molecular weight excluding hydrogens is 404 g/mol. The number of ether oxygens (including phenoxy) is 5. The SMILES string of the molecule is CC1(C)O[C@H]2O[C@H](C(O)COC(=O)c3ccccc3)[C@H](OC(=O)c3ccccc3)[C@H]2O1. The van der Waals surface area contributed by atoms with Crippen LogP contribution in [0.5, 0.6) is 0 Å². The van der Waals surface area contributed by atoms with Gasteiger partial charge in [0.25, 0.3) is 0 Å². The molecule has 0 saturated carbocycles. The van der Waals surface area contributed by atoms with Crippen molar-refractivity contribution in [1.82, 2.24) is 0 Å². The van der Waals surface area contributed by atoms with Gasteiger partial charge in [0.05, 0.1) is 11.1 Å². The summed E-state index contributed by atoms with van der Waals surface area (Å²) in [5.41, 5.74) is 0.715. The Kier molecular flexibility index (Phi) is 6.06. The highest BCUT2D eigenvalue weighted by Gasteiger charge is 2.58. The Balaban J connectivity index is 1.45. The fourth-order valence-corrected chi connectivity index (χ4v) is 3.63. The number of hydrogen-bond donors (Lipinski definition) is 1. The Labute approximate surface area is 179 Å². The maximum atomic E-state index is 12.6. The van der Waals surface area contributed by atoms with Gasteiger partial charge in [-0.05, 0) is 38.1 Å². The second-order valence-corrected chi connectivity index (χ2v) is 7.84. The van der Waals surface area contributed by atoms with E-state index in [4.69, 9.17) is 23.7 Å². The Morgan fingerprint density at radius 1 is 0.968 bits per heavy atom. The van der Waals surface area contributed by atoms with Gasteiger partial charge < -0.3 is 28.8 Å². The zero-order valence-corrected chi connectivity index (χ0v) is 17.2. The molecule has 5 atom stereocenters. The molecule has 0 spiro atoms. The van der Waals surface area contributed by atoms with E-state index in [2.05, 4.69) is 0 Å². The lowest BCUT2D eigenvalue weighted by Gasteiger charge is -2.28. The summed E-state index contributed by atoms with van der Waals surface area (Å²) in [6, 6.07) is 16.9. The van der Waals surface area contributed by atoms with Crippen molar-refractivity contribution in [2.75, 3.05) is 6.61 Å². The summed E-state index contributed by atoms with van der Waals surface area (Å²) in [7, 11) is 0. The number of fused-ring (bicyclic) bond motifs is 1. The lowest BCUT2D eigenvalue weighted by atomic mass is 10.1. The summed E-state index contributed by atoms with van der Waals surface area (Å²) in [5.74, 6) is -2.09. The second-order valence-electron chi connectivity index (χ2n) is 7.84. The smallest absolute Gasteiger partial charge is 0.338 e. The topological polar surface area (TPSA) is 101 Å². The van der Waals surface area contributed by atoms with Gasteiger partial charge in [0, 0.05) is 0 Å². The Bertz CT molecular complexity index is 914. The Morgan fingerprint density at radius 3 is 2.16 bits per heavy atom. The van der Waals surface area contributed by atoms with Crippen LogP contribution < -0.4 is 0 Å². The van der Waals surface area contributed by atoms with Gasteiger partial charge in [-0.1, -0.05) is 36.4 Å². The highest BCUT2D eigenvalue weighted by atomic mass is 16.8. The molecular formula is C23H24O8. The van der Waals surface area contributed by atoms with Crippen molar-refractivity contribution in [2.24, 2.45) is 0 Å². The minimum atomic E-state index is -1.26. The lowest BCUT2D eigenvalue weighted by Crippen LogP contribution is -2.45. The van der Waals surface area contributed by atoms with Crippen molar-refractivity contribution < 1.29 is 38.4 Å². The van der Waals surface area contributed by atoms with E-state index in [0.29, 0.717) is 11.1 Å². The third kappa shape index (κ3) is 4.77. The first-order valence-electron chi connectivity index (χ1n) is 10.0. The highest BCUT2D eigenvalue weighted by Crippen LogP contribution is 2.40. The van der Waals surface area contributed by atoms with Gasteiger partial charge in [-0.3, -0.25) is 0 Å². The Morgan fingerprint density at radius 2 is 1.55 bits per heavy atom. The minimum absolute atomic E-state index is 0.347. The van der Waals surface area contributed by atoms with Crippen LogP contribution in [0.3, 0.4) is 0 Å². The molecule has 4 rings (SSSR count). The first kappa shape index (κ1) is 21.5. The number of carbonyl (C=O) groups excluding carboxylic acids is 2. The molecule has 2 aliphatic heterocycles. The number of rotatable bonds is 6. The number of aliphatic hydroxyl groups is 1. The van der Waals surface area contributed by atoms with Crippen LogP contribution in [0.4, 0.5) is 0 Å². The van der Waals surface area contributed by atoms with E-state index in [-0.39, 0.29) is 6.61 Å². The van der Waals surface area contributed by atoms with E-state index < -0.39 is 48.4 Å². The zero-order valence-electron chi connectivity index (χ0n) is 17.2. The molecule has 0 amide bonds. The predicted molar refractivity (Wildman–Crippen MR) is 107 cm³/mol. The quantitative estimate of drug-likeness (QED) is 0.700. The van der Waals surface area contributed by atoms with Crippen LogP contribution in [0.25, 0.3) is 0 Å². The second kappa shape index (κ2) is 8.76. The number of esters is 2. The fraction of sp³-hybridized carbons (Fsp3) is 0.391. The van der Waals surface area contributed by atoms with Crippen LogP contribution >= 0.6 is 0 Å². The highest BCUT2D eigenvalue weighted by molar-refractivity contribution is 5.89. The summed E-state index contributed by atoms with van der Waals surface area (Å²) >= 11 is 0. The molecule has 1 N–H and O–H groups in total. The van der Waals surface area contributed by atoms with Crippen LogP contribution in [-0.2, 0) is 23.7 Å². The van der Waals surface area contributed by atoms with Gasteiger partial charge in [-0.25, -0.2) is 9.59 Å². The minimum Gasteiger partial charge on any atom is -0.459 e. The molecule has 2 aliphatic rings. The summed E-state index contributed by atoms with van der Waals surface area (Å²) in [4.78, 5) is 24.8. The number of carbonyl (C=O) groups is 2. The van der Waals surface area contributed by atoms with E-state index in [1.165, 1.54) is 0 Å². The van der Waals surface area contributed by atoms with Crippen molar-refractivity contribution >= 4 is 11.9 Å². The van der Waals surface area contributed by atoms with Crippen LogP contribution in [0.15, 0.2) is 60.7 Å². The third-order valence-corrected chi connectivity index (χ3v) is 5.05. The molecule has 2 saturated heterocycles. The van der Waals surface area contributed by atoms with Crippen LogP contribution in [0.2, 0.25) is 0 Å². The maximum Gasteiger partial charge on any atom is 0.338 e. The van der Waals surface area contributed by atoms with Crippen LogP contribution in [0.1, 0.15) is 34.6 Å². The molecule has 0 aromatic heterocycles. The number of aliphatic hydroxyl groups excluding tert-OH is 1. The number of benzene rings is 2. The lowest BCUT2D eigenvalue weighted by molar-refractivity contribution is -0.227. The average Bonchev–Trinajstić information content (AvgIpc) is 3.25. The molecule has 1 unspecified atom stereocenters. The van der Waals surface area contributed by atoms with E-state index in [1.54, 1.807) is 74.5 Å². The predicted octanol–water partition coefficient (Wildman–Crippen LogP) is 2.31. The van der Waals surface area contributed by atoms with Gasteiger partial charge in [0.2, 0.25) is 0 Å². The van der Waals surface area contributed by atoms with Crippen molar-refractivity contribution in [3.63, 3.8) is 0 Å². The molecule has 164 valence electrons. The van der Waals surface area contributed by atoms with E-state index >= 15 is 0 Å². The standard InChI is InChI=1S/C23H24O8/c1-23(2)30-19-18(28-21(26)15-11-7-4-8-12-15)17(29-22(19)31-23)16(24)13-27-20(25)14-9-5-3-6-10-14/h3-12,16-19,22,24H,13H2,1-2H3/t16?,17-,18+,19-,22-/m1/s1. The van der Waals surface area contributed by atoms with Gasteiger partial charge in [0.1, 0.15) is 18.8 Å². The van der Waals surface area contributed by atoms with Crippen LogP contribution in [0, 0.1) is 0 Å². The first-order chi connectivity index (χ1) is 14.8. The average molecular weight is 428 g/mol. The molecule has 31 heavy (non-hydrogen) atoms. The zero-order chi connectivity index (χ0) is 22.0. The van der Waals surface area contributed by atoms with Crippen LogP contribution in [-0.4, -0.2) is 60.1 Å². The summed E-state index contributed by atoms with van der Waals surface area (Å²) in [6.45, 7) is 3.09. The Hall–Kier alpha value is -2.78. The van der Waals surface area contributed by atoms with E-state index in [1.807, 2.05) is 0 Å². The van der Waals surface area contributed by atoms with Gasteiger partial charge in [0.15, 0.2) is 24.3 Å². The molecule has 8 heteroatoms. The molecule has 0 radical (unpaired) electrons.